The average Bonchev–Trinajstić information content (AvgIpc) is 2.18. The first-order chi connectivity index (χ1) is 6.66. The first-order valence-corrected chi connectivity index (χ1v) is 4.78. The molecule has 0 bridgehead atoms. The van der Waals surface area contributed by atoms with Crippen LogP contribution in [0.1, 0.15) is 30.0 Å². The predicted molar refractivity (Wildman–Crippen MR) is 61.6 cm³/mol. The second kappa shape index (κ2) is 6.77. The molecule has 4 heteroatoms. The van der Waals surface area contributed by atoms with Crippen molar-refractivity contribution in [1.82, 2.24) is 0 Å². The van der Waals surface area contributed by atoms with Gasteiger partial charge in [0.2, 0.25) is 0 Å². The summed E-state index contributed by atoms with van der Waals surface area (Å²) in [5.41, 5.74) is 7.31. The van der Waals surface area contributed by atoms with Gasteiger partial charge in [-0.3, -0.25) is 0 Å². The highest BCUT2D eigenvalue weighted by Crippen LogP contribution is 2.21. The number of rotatable bonds is 4. The molecule has 0 heterocycles. The van der Waals surface area contributed by atoms with Gasteiger partial charge in [-0.25, -0.2) is 4.39 Å². The van der Waals surface area contributed by atoms with Crippen LogP contribution < -0.4 is 5.73 Å². The maximum absolute atomic E-state index is 13.2. The second-order valence-corrected chi connectivity index (χ2v) is 3.43. The molecule has 0 aliphatic heterocycles. The Morgan fingerprint density at radius 2 is 2.13 bits per heavy atom. The van der Waals surface area contributed by atoms with Crippen LogP contribution in [0.2, 0.25) is 0 Å². The highest BCUT2D eigenvalue weighted by Gasteiger charge is 2.10. The number of nitrogens with two attached hydrogens (primary N) is 1. The summed E-state index contributed by atoms with van der Waals surface area (Å²) in [6.45, 7) is 1.85. The van der Waals surface area contributed by atoms with Gasteiger partial charge in [-0.15, -0.1) is 12.4 Å². The molecular weight excluding hydrogens is 217 g/mol. The van der Waals surface area contributed by atoms with Crippen LogP contribution in [0.25, 0.3) is 0 Å². The Hall–Kier alpha value is -0.640. The number of aliphatic hydroxyl groups excluding tert-OH is 1. The summed E-state index contributed by atoms with van der Waals surface area (Å²) in [4.78, 5) is 0. The summed E-state index contributed by atoms with van der Waals surface area (Å²) in [5.74, 6) is -0.220. The average molecular weight is 234 g/mol. The van der Waals surface area contributed by atoms with Crippen LogP contribution in [0.15, 0.2) is 18.2 Å². The van der Waals surface area contributed by atoms with Gasteiger partial charge in [-0.1, -0.05) is 12.1 Å². The van der Waals surface area contributed by atoms with Crippen molar-refractivity contribution in [1.29, 1.82) is 0 Å². The van der Waals surface area contributed by atoms with Crippen molar-refractivity contribution in [2.75, 3.05) is 6.61 Å². The zero-order valence-electron chi connectivity index (χ0n) is 8.74. The molecule has 0 aliphatic rings. The van der Waals surface area contributed by atoms with Crippen LogP contribution in [-0.2, 0) is 0 Å². The molecule has 0 saturated carbocycles. The van der Waals surface area contributed by atoms with Gasteiger partial charge in [0.15, 0.2) is 0 Å². The van der Waals surface area contributed by atoms with E-state index in [0.717, 1.165) is 5.56 Å². The van der Waals surface area contributed by atoms with Gasteiger partial charge in [-0.05, 0) is 37.0 Å². The summed E-state index contributed by atoms with van der Waals surface area (Å²) < 4.78 is 13.2. The fourth-order valence-corrected chi connectivity index (χ4v) is 1.49. The van der Waals surface area contributed by atoms with Gasteiger partial charge in [0.25, 0.3) is 0 Å². The van der Waals surface area contributed by atoms with Gasteiger partial charge >= 0.3 is 0 Å². The van der Waals surface area contributed by atoms with Crippen molar-refractivity contribution in [3.8, 4) is 0 Å². The number of halogens is 2. The highest BCUT2D eigenvalue weighted by molar-refractivity contribution is 5.85. The monoisotopic (exact) mass is 233 g/mol. The first kappa shape index (κ1) is 14.4. The van der Waals surface area contributed by atoms with Crippen LogP contribution in [0.3, 0.4) is 0 Å². The Morgan fingerprint density at radius 3 is 2.73 bits per heavy atom. The lowest BCUT2D eigenvalue weighted by molar-refractivity contribution is 0.280. The smallest absolute Gasteiger partial charge is 0.126 e. The summed E-state index contributed by atoms with van der Waals surface area (Å²) in [7, 11) is 0. The quantitative estimate of drug-likeness (QED) is 0.839. The Bertz CT molecular complexity index is 307. The van der Waals surface area contributed by atoms with Gasteiger partial charge < -0.3 is 10.8 Å². The largest absolute Gasteiger partial charge is 0.396 e. The molecule has 2 nitrogen and oxygen atoms in total. The predicted octanol–water partition coefficient (Wildman–Crippen LogP) is 2.33. The van der Waals surface area contributed by atoms with Gasteiger partial charge in [0, 0.05) is 12.6 Å². The summed E-state index contributed by atoms with van der Waals surface area (Å²) in [6.07, 6.45) is 1.33. The molecule has 0 amide bonds. The lowest BCUT2D eigenvalue weighted by atomic mass is 9.98. The molecule has 0 radical (unpaired) electrons. The minimum absolute atomic E-state index is 0. The Labute approximate surface area is 95.7 Å². The van der Waals surface area contributed by atoms with Crippen LogP contribution >= 0.6 is 12.4 Å². The summed E-state index contributed by atoms with van der Waals surface area (Å²) in [6, 6.07) is 4.74. The van der Waals surface area contributed by atoms with E-state index in [0.29, 0.717) is 18.4 Å². The van der Waals surface area contributed by atoms with E-state index < -0.39 is 0 Å². The Balaban J connectivity index is 0.00000196. The topological polar surface area (TPSA) is 46.2 Å². The third-order valence-corrected chi connectivity index (χ3v) is 2.38. The van der Waals surface area contributed by atoms with Crippen LogP contribution in [0.4, 0.5) is 4.39 Å². The molecule has 1 aromatic carbocycles. The first-order valence-electron chi connectivity index (χ1n) is 4.78. The molecule has 1 rings (SSSR count). The van der Waals surface area contributed by atoms with Crippen LogP contribution in [0.5, 0.6) is 0 Å². The zero-order chi connectivity index (χ0) is 10.6. The van der Waals surface area contributed by atoms with Crippen molar-refractivity contribution in [3.05, 3.63) is 35.1 Å². The molecule has 0 aromatic heterocycles. The maximum atomic E-state index is 13.2. The Kier molecular flexibility index (Phi) is 6.48. The van der Waals surface area contributed by atoms with Crippen molar-refractivity contribution in [2.24, 2.45) is 5.73 Å². The Morgan fingerprint density at radius 1 is 1.47 bits per heavy atom. The molecule has 3 N–H and O–H groups in total. The van der Waals surface area contributed by atoms with E-state index in [9.17, 15) is 4.39 Å². The molecule has 1 atom stereocenters. The molecule has 1 aromatic rings. The summed E-state index contributed by atoms with van der Waals surface area (Å²) in [5, 5.41) is 8.66. The van der Waals surface area contributed by atoms with Gasteiger partial charge in [-0.2, -0.15) is 0 Å². The van der Waals surface area contributed by atoms with Crippen molar-refractivity contribution >= 4 is 12.4 Å². The SMILES string of the molecule is Cc1c(F)cccc1[C@@H](N)CCCO.Cl. The number of aliphatic hydroxyl groups is 1. The fourth-order valence-electron chi connectivity index (χ4n) is 1.49. The normalized spacial score (nSPS) is 12.0. The van der Waals surface area contributed by atoms with E-state index in [1.807, 2.05) is 6.07 Å². The van der Waals surface area contributed by atoms with Crippen LogP contribution in [-0.4, -0.2) is 11.7 Å². The lowest BCUT2D eigenvalue weighted by Gasteiger charge is -2.14. The molecule has 0 fully saturated rings. The number of hydrogen-bond acceptors (Lipinski definition) is 2. The van der Waals surface area contributed by atoms with Crippen LogP contribution in [0, 0.1) is 12.7 Å². The summed E-state index contributed by atoms with van der Waals surface area (Å²) >= 11 is 0. The fraction of sp³-hybridized carbons (Fsp3) is 0.455. The third kappa shape index (κ3) is 3.78. The van der Waals surface area contributed by atoms with E-state index in [2.05, 4.69) is 0 Å². The maximum Gasteiger partial charge on any atom is 0.126 e. The molecule has 0 unspecified atom stereocenters. The standard InChI is InChI=1S/C11H16FNO.ClH/c1-8-9(4-2-5-10(8)12)11(13)6-3-7-14;/h2,4-5,11,14H,3,6-7,13H2,1H3;1H/t11-;/m0./s1. The highest BCUT2D eigenvalue weighted by atomic mass is 35.5. The minimum atomic E-state index is -0.220. The molecular formula is C11H17ClFNO. The van der Waals surface area contributed by atoms with Gasteiger partial charge in [0.05, 0.1) is 0 Å². The van der Waals surface area contributed by atoms with Crippen molar-refractivity contribution in [2.45, 2.75) is 25.8 Å². The van der Waals surface area contributed by atoms with E-state index >= 15 is 0 Å². The van der Waals surface area contributed by atoms with E-state index in [4.69, 9.17) is 10.8 Å². The molecule has 15 heavy (non-hydrogen) atoms. The molecule has 86 valence electrons. The molecule has 0 aliphatic carbocycles. The van der Waals surface area contributed by atoms with Gasteiger partial charge in [0.1, 0.15) is 5.82 Å². The van der Waals surface area contributed by atoms with E-state index in [1.165, 1.54) is 6.07 Å². The molecule has 0 saturated heterocycles. The zero-order valence-corrected chi connectivity index (χ0v) is 9.56. The van der Waals surface area contributed by atoms with E-state index in [-0.39, 0.29) is 30.9 Å². The second-order valence-electron chi connectivity index (χ2n) is 3.43. The van der Waals surface area contributed by atoms with E-state index in [1.54, 1.807) is 13.0 Å². The van der Waals surface area contributed by atoms with Crippen molar-refractivity contribution in [3.63, 3.8) is 0 Å². The molecule has 0 spiro atoms. The third-order valence-electron chi connectivity index (χ3n) is 2.38. The lowest BCUT2D eigenvalue weighted by Crippen LogP contribution is -2.12. The number of benzene rings is 1. The number of hydrogen-bond donors (Lipinski definition) is 2. The van der Waals surface area contributed by atoms with Crippen molar-refractivity contribution < 1.29 is 9.50 Å². The minimum Gasteiger partial charge on any atom is -0.396 e.